The topological polar surface area (TPSA) is 64.7 Å². The Balaban J connectivity index is 2.17. The van der Waals surface area contributed by atoms with E-state index >= 15 is 0 Å². The lowest BCUT2D eigenvalue weighted by atomic mass is 9.87. The molecular weight excluding hydrogens is 325 g/mol. The summed E-state index contributed by atoms with van der Waals surface area (Å²) in [6.45, 7) is 6.24. The minimum Gasteiger partial charge on any atom is -0.384 e. The van der Waals surface area contributed by atoms with Gasteiger partial charge in [0.2, 0.25) is 0 Å². The van der Waals surface area contributed by atoms with Gasteiger partial charge in [0.1, 0.15) is 5.82 Å². The van der Waals surface area contributed by atoms with Crippen LogP contribution in [0.2, 0.25) is 0 Å². The largest absolute Gasteiger partial charge is 0.433 e. The molecule has 23 heavy (non-hydrogen) atoms. The first kappa shape index (κ1) is 17.5. The fraction of sp³-hybridized carbons (Fsp3) is 0.400. The van der Waals surface area contributed by atoms with Gasteiger partial charge in [0, 0.05) is 18.0 Å². The molecule has 2 rings (SSSR count). The lowest BCUT2D eigenvalue weighted by molar-refractivity contribution is -0.141. The van der Waals surface area contributed by atoms with Crippen molar-refractivity contribution in [3.05, 3.63) is 41.3 Å². The SMILES string of the molecule is CC(C)(C)c1ccnc(CSc2nc(N)cc(C(F)(F)F)n2)c1. The quantitative estimate of drug-likeness (QED) is 0.673. The second kappa shape index (κ2) is 6.35. The maximum atomic E-state index is 12.7. The number of halogens is 3. The van der Waals surface area contributed by atoms with Gasteiger partial charge in [-0.1, -0.05) is 32.5 Å². The summed E-state index contributed by atoms with van der Waals surface area (Å²) in [6, 6.07) is 4.58. The number of hydrogen-bond acceptors (Lipinski definition) is 5. The van der Waals surface area contributed by atoms with Crippen molar-refractivity contribution in [2.45, 2.75) is 43.3 Å². The molecule has 8 heteroatoms. The van der Waals surface area contributed by atoms with Gasteiger partial charge < -0.3 is 5.73 Å². The highest BCUT2D eigenvalue weighted by molar-refractivity contribution is 7.98. The Morgan fingerprint density at radius 3 is 2.43 bits per heavy atom. The Morgan fingerprint density at radius 2 is 1.83 bits per heavy atom. The highest BCUT2D eigenvalue weighted by Crippen LogP contribution is 2.31. The summed E-state index contributed by atoms with van der Waals surface area (Å²) < 4.78 is 38.2. The van der Waals surface area contributed by atoms with Crippen LogP contribution in [0.4, 0.5) is 19.0 Å². The molecule has 0 aliphatic heterocycles. The van der Waals surface area contributed by atoms with E-state index in [0.717, 1.165) is 29.1 Å². The lowest BCUT2D eigenvalue weighted by Crippen LogP contribution is -2.12. The maximum Gasteiger partial charge on any atom is 0.433 e. The fourth-order valence-corrected chi connectivity index (χ4v) is 2.58. The van der Waals surface area contributed by atoms with Crippen LogP contribution in [0.25, 0.3) is 0 Å². The molecule has 0 saturated carbocycles. The molecule has 0 unspecified atom stereocenters. The average Bonchev–Trinajstić information content (AvgIpc) is 2.43. The Labute approximate surface area is 136 Å². The molecule has 2 aromatic heterocycles. The van der Waals surface area contributed by atoms with Crippen molar-refractivity contribution in [2.24, 2.45) is 0 Å². The molecule has 0 aromatic carbocycles. The summed E-state index contributed by atoms with van der Waals surface area (Å²) in [5.74, 6) is 0.163. The first-order valence-electron chi connectivity index (χ1n) is 6.85. The number of aromatic nitrogens is 3. The predicted molar refractivity (Wildman–Crippen MR) is 83.9 cm³/mol. The van der Waals surface area contributed by atoms with Crippen LogP contribution in [0.3, 0.4) is 0 Å². The minimum atomic E-state index is -4.54. The molecule has 2 aromatic rings. The number of nitrogens with two attached hydrogens (primary N) is 1. The molecule has 0 aliphatic carbocycles. The second-order valence-corrected chi connectivity index (χ2v) is 6.98. The van der Waals surface area contributed by atoms with Gasteiger partial charge >= 0.3 is 6.18 Å². The number of nitrogen functional groups attached to an aromatic ring is 1. The van der Waals surface area contributed by atoms with E-state index in [0.29, 0.717) is 5.75 Å². The summed E-state index contributed by atoms with van der Waals surface area (Å²) in [4.78, 5) is 11.6. The zero-order valence-corrected chi connectivity index (χ0v) is 13.8. The number of nitrogens with zero attached hydrogens (tertiary/aromatic N) is 3. The van der Waals surface area contributed by atoms with Gasteiger partial charge in [0.15, 0.2) is 10.9 Å². The van der Waals surface area contributed by atoms with Crippen LogP contribution >= 0.6 is 11.8 Å². The molecule has 2 N–H and O–H groups in total. The molecule has 2 heterocycles. The van der Waals surface area contributed by atoms with Crippen LogP contribution in [-0.2, 0) is 17.3 Å². The molecule has 0 saturated heterocycles. The van der Waals surface area contributed by atoms with Crippen molar-refractivity contribution >= 4 is 17.6 Å². The first-order valence-corrected chi connectivity index (χ1v) is 7.84. The van der Waals surface area contributed by atoms with E-state index in [1.165, 1.54) is 0 Å². The molecule has 0 aliphatic rings. The number of thioether (sulfide) groups is 1. The molecule has 0 amide bonds. The zero-order chi connectivity index (χ0) is 17.3. The van der Waals surface area contributed by atoms with Crippen LogP contribution < -0.4 is 5.73 Å². The summed E-state index contributed by atoms with van der Waals surface area (Å²) in [5.41, 5.74) is 6.22. The Hall–Kier alpha value is -1.83. The normalized spacial score (nSPS) is 12.4. The van der Waals surface area contributed by atoms with E-state index in [1.54, 1.807) is 6.20 Å². The van der Waals surface area contributed by atoms with Gasteiger partial charge in [-0.2, -0.15) is 13.2 Å². The molecule has 0 spiro atoms. The standard InChI is InChI=1S/C15H17F3N4S/c1-14(2,3)9-4-5-20-10(6-9)8-23-13-21-11(15(16,17)18)7-12(19)22-13/h4-7H,8H2,1-3H3,(H2,19,21,22). The third-order valence-corrected chi connectivity index (χ3v) is 3.93. The number of pyridine rings is 1. The molecule has 0 fully saturated rings. The smallest absolute Gasteiger partial charge is 0.384 e. The maximum absolute atomic E-state index is 12.7. The summed E-state index contributed by atoms with van der Waals surface area (Å²) in [5, 5.41) is -0.0136. The van der Waals surface area contributed by atoms with Crippen molar-refractivity contribution < 1.29 is 13.2 Å². The van der Waals surface area contributed by atoms with Gasteiger partial charge in [-0.15, -0.1) is 0 Å². The molecular formula is C15H17F3N4S. The lowest BCUT2D eigenvalue weighted by Gasteiger charge is -2.19. The van der Waals surface area contributed by atoms with E-state index in [1.807, 2.05) is 12.1 Å². The number of hydrogen-bond donors (Lipinski definition) is 1. The molecule has 124 valence electrons. The summed E-state index contributed by atoms with van der Waals surface area (Å²) >= 11 is 1.07. The van der Waals surface area contributed by atoms with Gasteiger partial charge in [-0.25, -0.2) is 9.97 Å². The average molecular weight is 342 g/mol. The summed E-state index contributed by atoms with van der Waals surface area (Å²) in [7, 11) is 0. The van der Waals surface area contributed by atoms with Gasteiger partial charge in [0.05, 0.1) is 5.69 Å². The van der Waals surface area contributed by atoms with Gasteiger partial charge in [-0.3, -0.25) is 4.98 Å². The first-order chi connectivity index (χ1) is 10.6. The zero-order valence-electron chi connectivity index (χ0n) is 13.0. The summed E-state index contributed by atoms with van der Waals surface area (Å²) in [6.07, 6.45) is -2.85. The molecule has 4 nitrogen and oxygen atoms in total. The van der Waals surface area contributed by atoms with Crippen molar-refractivity contribution in [3.8, 4) is 0 Å². The van der Waals surface area contributed by atoms with Crippen molar-refractivity contribution in [1.29, 1.82) is 0 Å². The van der Waals surface area contributed by atoms with Gasteiger partial charge in [-0.05, 0) is 23.1 Å². The third kappa shape index (κ3) is 4.82. The van der Waals surface area contributed by atoms with Crippen LogP contribution in [0.5, 0.6) is 0 Å². The third-order valence-electron chi connectivity index (χ3n) is 3.05. The van der Waals surface area contributed by atoms with Crippen molar-refractivity contribution in [3.63, 3.8) is 0 Å². The monoisotopic (exact) mass is 342 g/mol. The van der Waals surface area contributed by atoms with Crippen LogP contribution in [0.1, 0.15) is 37.7 Å². The van der Waals surface area contributed by atoms with Crippen LogP contribution in [-0.4, -0.2) is 15.0 Å². The van der Waals surface area contributed by atoms with E-state index < -0.39 is 11.9 Å². The Morgan fingerprint density at radius 1 is 1.13 bits per heavy atom. The highest BCUT2D eigenvalue weighted by atomic mass is 32.2. The van der Waals surface area contributed by atoms with Gasteiger partial charge in [0.25, 0.3) is 0 Å². The van der Waals surface area contributed by atoms with Crippen molar-refractivity contribution in [2.75, 3.05) is 5.73 Å². The number of anilines is 1. The molecule has 0 bridgehead atoms. The number of alkyl halides is 3. The second-order valence-electron chi connectivity index (χ2n) is 6.03. The molecule has 0 atom stereocenters. The number of rotatable bonds is 3. The van der Waals surface area contributed by atoms with E-state index in [2.05, 4.69) is 35.7 Å². The Kier molecular flexibility index (Phi) is 4.84. The van der Waals surface area contributed by atoms with E-state index in [9.17, 15) is 13.2 Å². The highest BCUT2D eigenvalue weighted by Gasteiger charge is 2.33. The van der Waals surface area contributed by atoms with Crippen LogP contribution in [0, 0.1) is 0 Å². The van der Waals surface area contributed by atoms with Crippen molar-refractivity contribution in [1.82, 2.24) is 15.0 Å². The Bertz CT molecular complexity index is 696. The van der Waals surface area contributed by atoms with Crippen LogP contribution in [0.15, 0.2) is 29.6 Å². The predicted octanol–water partition coefficient (Wildman–Crippen LogP) is 4.06. The molecule has 0 radical (unpaired) electrons. The van der Waals surface area contributed by atoms with E-state index in [4.69, 9.17) is 5.73 Å². The minimum absolute atomic E-state index is 0.0136. The van der Waals surface area contributed by atoms with E-state index in [-0.39, 0.29) is 16.4 Å². The fourth-order valence-electron chi connectivity index (χ4n) is 1.81.